The number of rotatable bonds is 3. The average Bonchev–Trinajstić information content (AvgIpc) is 3.15. The smallest absolute Gasteiger partial charge is 0.274 e. The normalized spacial score (nSPS) is 20.7. The Morgan fingerprint density at radius 1 is 1.28 bits per heavy atom. The van der Waals surface area contributed by atoms with Gasteiger partial charge in [-0.25, -0.2) is 9.97 Å². The van der Waals surface area contributed by atoms with Crippen LogP contribution in [-0.4, -0.2) is 70.3 Å². The van der Waals surface area contributed by atoms with Crippen LogP contribution >= 0.6 is 11.6 Å². The van der Waals surface area contributed by atoms with Crippen LogP contribution in [0.2, 0.25) is 5.02 Å². The Kier molecular flexibility index (Phi) is 5.22. The number of carbonyl (C=O) groups is 2. The van der Waals surface area contributed by atoms with E-state index in [-0.39, 0.29) is 28.6 Å². The van der Waals surface area contributed by atoms with Crippen molar-refractivity contribution in [1.82, 2.24) is 19.8 Å². The monoisotopic (exact) mass is 363 g/mol. The Labute approximate surface area is 152 Å². The molecule has 0 N–H and O–H groups in total. The van der Waals surface area contributed by atoms with Crippen LogP contribution in [0.5, 0.6) is 0 Å². The summed E-state index contributed by atoms with van der Waals surface area (Å²) in [7, 11) is 0. The van der Waals surface area contributed by atoms with Gasteiger partial charge in [-0.1, -0.05) is 18.2 Å². The molecule has 2 saturated heterocycles. The Balaban J connectivity index is 1.77. The number of piperazine rings is 1. The molecule has 1 aromatic rings. The highest BCUT2D eigenvalue weighted by molar-refractivity contribution is 6.33. The Bertz CT molecular complexity index is 690. The Morgan fingerprint density at radius 2 is 2.00 bits per heavy atom. The Morgan fingerprint density at radius 3 is 2.64 bits per heavy atom. The average molecular weight is 364 g/mol. The van der Waals surface area contributed by atoms with Gasteiger partial charge < -0.3 is 14.7 Å². The zero-order chi connectivity index (χ0) is 18.0. The lowest BCUT2D eigenvalue weighted by Crippen LogP contribution is -2.55. The summed E-state index contributed by atoms with van der Waals surface area (Å²) in [5.41, 5.74) is 0.230. The second-order valence-corrected chi connectivity index (χ2v) is 6.80. The van der Waals surface area contributed by atoms with Gasteiger partial charge in [0.2, 0.25) is 11.9 Å². The number of amides is 2. The van der Waals surface area contributed by atoms with Crippen molar-refractivity contribution >= 4 is 29.4 Å². The highest BCUT2D eigenvalue weighted by Gasteiger charge is 2.31. The standard InChI is InChI=1S/C17H22ClN5O2/c1-3-14(24)22-8-9-23(12(2)11-22)16(25)15-13(18)10-19-17(20-15)21-6-4-5-7-21/h3,10,12H,1,4-9,11H2,2H3/t12-/m0/s1. The second kappa shape index (κ2) is 7.39. The molecule has 0 radical (unpaired) electrons. The van der Waals surface area contributed by atoms with Crippen LogP contribution < -0.4 is 4.90 Å². The van der Waals surface area contributed by atoms with Gasteiger partial charge in [0.05, 0.1) is 11.2 Å². The summed E-state index contributed by atoms with van der Waals surface area (Å²) in [4.78, 5) is 38.9. The molecule has 0 unspecified atom stereocenters. The summed E-state index contributed by atoms with van der Waals surface area (Å²) < 4.78 is 0. The van der Waals surface area contributed by atoms with E-state index in [4.69, 9.17) is 11.6 Å². The minimum Gasteiger partial charge on any atom is -0.341 e. The molecule has 1 aromatic heterocycles. The molecule has 8 heteroatoms. The van der Waals surface area contributed by atoms with Crippen molar-refractivity contribution in [3.05, 3.63) is 29.6 Å². The minimum absolute atomic E-state index is 0.115. The van der Waals surface area contributed by atoms with E-state index in [0.717, 1.165) is 25.9 Å². The number of hydrogen-bond donors (Lipinski definition) is 0. The molecule has 2 aliphatic rings. The molecule has 2 aliphatic heterocycles. The first kappa shape index (κ1) is 17.7. The molecular weight excluding hydrogens is 342 g/mol. The van der Waals surface area contributed by atoms with Crippen LogP contribution in [-0.2, 0) is 4.79 Å². The lowest BCUT2D eigenvalue weighted by atomic mass is 10.1. The maximum Gasteiger partial charge on any atom is 0.274 e. The van der Waals surface area contributed by atoms with Crippen molar-refractivity contribution in [3.8, 4) is 0 Å². The first-order valence-electron chi connectivity index (χ1n) is 8.51. The number of carbonyl (C=O) groups excluding carboxylic acids is 2. The molecule has 3 rings (SSSR count). The van der Waals surface area contributed by atoms with Gasteiger partial charge >= 0.3 is 0 Å². The number of nitrogens with zero attached hydrogens (tertiary/aromatic N) is 5. The van der Waals surface area contributed by atoms with Crippen LogP contribution in [0, 0.1) is 0 Å². The van der Waals surface area contributed by atoms with E-state index in [1.807, 2.05) is 6.92 Å². The van der Waals surface area contributed by atoms with E-state index in [1.165, 1.54) is 12.3 Å². The third kappa shape index (κ3) is 3.61. The van der Waals surface area contributed by atoms with Crippen LogP contribution in [0.15, 0.2) is 18.9 Å². The summed E-state index contributed by atoms with van der Waals surface area (Å²) in [6, 6.07) is -0.119. The van der Waals surface area contributed by atoms with Gasteiger partial charge in [-0.2, -0.15) is 0 Å². The maximum absolute atomic E-state index is 13.0. The fourth-order valence-corrected chi connectivity index (χ4v) is 3.47. The van der Waals surface area contributed by atoms with Crippen LogP contribution in [0.1, 0.15) is 30.3 Å². The van der Waals surface area contributed by atoms with Gasteiger partial charge in [-0.05, 0) is 25.8 Å². The van der Waals surface area contributed by atoms with Crippen molar-refractivity contribution < 1.29 is 9.59 Å². The molecule has 2 amide bonds. The lowest BCUT2D eigenvalue weighted by Gasteiger charge is -2.39. The number of halogens is 1. The summed E-state index contributed by atoms with van der Waals surface area (Å²) in [6.07, 6.45) is 5.00. The van der Waals surface area contributed by atoms with Crippen LogP contribution in [0.4, 0.5) is 5.95 Å². The van der Waals surface area contributed by atoms with E-state index in [0.29, 0.717) is 25.6 Å². The molecule has 7 nitrogen and oxygen atoms in total. The fraction of sp³-hybridized carbons (Fsp3) is 0.529. The maximum atomic E-state index is 13.0. The van der Waals surface area contributed by atoms with Crippen molar-refractivity contribution in [2.75, 3.05) is 37.6 Å². The third-order valence-corrected chi connectivity index (χ3v) is 4.97. The Hall–Kier alpha value is -2.15. The highest BCUT2D eigenvalue weighted by Crippen LogP contribution is 2.22. The van der Waals surface area contributed by atoms with E-state index < -0.39 is 0 Å². The van der Waals surface area contributed by atoms with E-state index >= 15 is 0 Å². The number of aromatic nitrogens is 2. The SMILES string of the molecule is C=CC(=O)N1CCN(C(=O)c2nc(N3CCCC3)ncc2Cl)[C@@H](C)C1. The molecule has 25 heavy (non-hydrogen) atoms. The van der Waals surface area contributed by atoms with Gasteiger partial charge in [0, 0.05) is 38.8 Å². The van der Waals surface area contributed by atoms with E-state index in [1.54, 1.807) is 9.80 Å². The van der Waals surface area contributed by atoms with Gasteiger partial charge in [0.25, 0.3) is 5.91 Å². The molecule has 2 fully saturated rings. The summed E-state index contributed by atoms with van der Waals surface area (Å²) in [5, 5.41) is 0.254. The quantitative estimate of drug-likeness (QED) is 0.763. The van der Waals surface area contributed by atoms with Gasteiger partial charge in [-0.3, -0.25) is 9.59 Å². The molecule has 3 heterocycles. The van der Waals surface area contributed by atoms with Gasteiger partial charge in [0.1, 0.15) is 0 Å². The first-order valence-corrected chi connectivity index (χ1v) is 8.89. The topological polar surface area (TPSA) is 69.6 Å². The van der Waals surface area contributed by atoms with E-state index in [9.17, 15) is 9.59 Å². The predicted octanol–water partition coefficient (Wildman–Crippen LogP) is 1.59. The van der Waals surface area contributed by atoms with Crippen molar-refractivity contribution in [2.45, 2.75) is 25.8 Å². The molecule has 0 bridgehead atoms. The van der Waals surface area contributed by atoms with Crippen LogP contribution in [0.3, 0.4) is 0 Å². The summed E-state index contributed by atoms with van der Waals surface area (Å²) in [5.74, 6) is 0.222. The highest BCUT2D eigenvalue weighted by atomic mass is 35.5. The molecule has 0 spiro atoms. The van der Waals surface area contributed by atoms with Crippen molar-refractivity contribution in [2.24, 2.45) is 0 Å². The molecule has 134 valence electrons. The summed E-state index contributed by atoms with van der Waals surface area (Å²) in [6.45, 7) is 8.61. The van der Waals surface area contributed by atoms with Crippen molar-refractivity contribution in [1.29, 1.82) is 0 Å². The fourth-order valence-electron chi connectivity index (χ4n) is 3.30. The molecule has 1 atom stereocenters. The van der Waals surface area contributed by atoms with Gasteiger partial charge in [-0.15, -0.1) is 0 Å². The molecule has 0 saturated carbocycles. The van der Waals surface area contributed by atoms with Gasteiger partial charge in [0.15, 0.2) is 5.69 Å². The lowest BCUT2D eigenvalue weighted by molar-refractivity contribution is -0.128. The van der Waals surface area contributed by atoms with Crippen LogP contribution in [0.25, 0.3) is 0 Å². The second-order valence-electron chi connectivity index (χ2n) is 6.40. The zero-order valence-electron chi connectivity index (χ0n) is 14.3. The molecule has 0 aliphatic carbocycles. The predicted molar refractivity (Wildman–Crippen MR) is 95.8 cm³/mol. The van der Waals surface area contributed by atoms with Crippen molar-refractivity contribution in [3.63, 3.8) is 0 Å². The zero-order valence-corrected chi connectivity index (χ0v) is 15.1. The molecular formula is C17H22ClN5O2. The summed E-state index contributed by atoms with van der Waals surface area (Å²) >= 11 is 6.20. The molecule has 0 aromatic carbocycles. The third-order valence-electron chi connectivity index (χ3n) is 4.70. The number of hydrogen-bond acceptors (Lipinski definition) is 5. The number of anilines is 1. The van der Waals surface area contributed by atoms with E-state index in [2.05, 4.69) is 21.4 Å². The largest absolute Gasteiger partial charge is 0.341 e. The minimum atomic E-state index is -0.217. The first-order chi connectivity index (χ1) is 12.0.